The number of rotatable bonds is 5. The van der Waals surface area contributed by atoms with Gasteiger partial charge >= 0.3 is 0 Å². The summed E-state index contributed by atoms with van der Waals surface area (Å²) in [6.07, 6.45) is 3.50. The Hall–Kier alpha value is -2.37. The van der Waals surface area contributed by atoms with E-state index in [4.69, 9.17) is 4.52 Å². The molecule has 110 valence electrons. The summed E-state index contributed by atoms with van der Waals surface area (Å²) in [5.74, 6) is 1.73. The molecule has 0 saturated heterocycles. The summed E-state index contributed by atoms with van der Waals surface area (Å²) < 4.78 is 7.18. The van der Waals surface area contributed by atoms with Gasteiger partial charge in [-0.3, -0.25) is 0 Å². The van der Waals surface area contributed by atoms with Crippen LogP contribution in [0.4, 0.5) is 5.82 Å². The molecule has 0 fully saturated rings. The first kappa shape index (κ1) is 13.6. The van der Waals surface area contributed by atoms with Crippen molar-refractivity contribution in [2.24, 2.45) is 0 Å². The van der Waals surface area contributed by atoms with Crippen molar-refractivity contribution < 1.29 is 4.52 Å². The van der Waals surface area contributed by atoms with Crippen molar-refractivity contribution in [3.63, 3.8) is 0 Å². The molecule has 0 spiro atoms. The summed E-state index contributed by atoms with van der Waals surface area (Å²) in [5, 5.41) is 11.8. The van der Waals surface area contributed by atoms with Crippen molar-refractivity contribution in [1.82, 2.24) is 19.8 Å². The average molecular weight is 285 g/mol. The second-order valence-electron chi connectivity index (χ2n) is 5.03. The highest BCUT2D eigenvalue weighted by Gasteiger charge is 2.14. The largest absolute Gasteiger partial charge is 0.360 e. The van der Waals surface area contributed by atoms with Crippen molar-refractivity contribution in [3.05, 3.63) is 41.5 Å². The standard InChI is InChI=1S/C15H19N5O/c1-4-11-9-15(20-14(18-11)6-7-16-20)17-10(3)13-8-12(5-2)19-21-13/h6-10,17H,4-5H2,1-3H3. The molecule has 3 aromatic heterocycles. The first-order valence-electron chi connectivity index (χ1n) is 7.27. The van der Waals surface area contributed by atoms with E-state index < -0.39 is 0 Å². The summed E-state index contributed by atoms with van der Waals surface area (Å²) in [6.45, 7) is 6.19. The Morgan fingerprint density at radius 3 is 2.76 bits per heavy atom. The van der Waals surface area contributed by atoms with E-state index >= 15 is 0 Å². The molecule has 0 aromatic carbocycles. The molecule has 1 atom stereocenters. The molecule has 6 nitrogen and oxygen atoms in total. The number of nitrogens with one attached hydrogen (secondary N) is 1. The topological polar surface area (TPSA) is 68.2 Å². The third kappa shape index (κ3) is 2.61. The van der Waals surface area contributed by atoms with Crippen molar-refractivity contribution in [3.8, 4) is 0 Å². The number of fused-ring (bicyclic) bond motifs is 1. The van der Waals surface area contributed by atoms with Gasteiger partial charge in [0.25, 0.3) is 0 Å². The van der Waals surface area contributed by atoms with Gasteiger partial charge in [-0.15, -0.1) is 0 Å². The van der Waals surface area contributed by atoms with Crippen LogP contribution in [0, 0.1) is 0 Å². The zero-order valence-electron chi connectivity index (χ0n) is 12.5. The highest BCUT2D eigenvalue weighted by atomic mass is 16.5. The van der Waals surface area contributed by atoms with Crippen LogP contribution in [0.3, 0.4) is 0 Å². The Labute approximate surface area is 123 Å². The van der Waals surface area contributed by atoms with E-state index in [1.165, 1.54) is 0 Å². The van der Waals surface area contributed by atoms with Crippen molar-refractivity contribution in [2.75, 3.05) is 5.32 Å². The van der Waals surface area contributed by atoms with Crippen LogP contribution in [0.25, 0.3) is 5.65 Å². The monoisotopic (exact) mass is 285 g/mol. The summed E-state index contributed by atoms with van der Waals surface area (Å²) >= 11 is 0. The van der Waals surface area contributed by atoms with Crippen LogP contribution in [-0.2, 0) is 12.8 Å². The van der Waals surface area contributed by atoms with Crippen LogP contribution in [0.15, 0.2) is 28.9 Å². The Balaban J connectivity index is 1.91. The maximum absolute atomic E-state index is 5.38. The van der Waals surface area contributed by atoms with Crippen molar-refractivity contribution in [1.29, 1.82) is 0 Å². The summed E-state index contributed by atoms with van der Waals surface area (Å²) in [5.41, 5.74) is 2.84. The molecular weight excluding hydrogens is 266 g/mol. The maximum atomic E-state index is 5.38. The van der Waals surface area contributed by atoms with Gasteiger partial charge in [0.1, 0.15) is 5.82 Å². The van der Waals surface area contributed by atoms with Gasteiger partial charge < -0.3 is 9.84 Å². The highest BCUT2D eigenvalue weighted by Crippen LogP contribution is 2.21. The zero-order valence-corrected chi connectivity index (χ0v) is 12.5. The van der Waals surface area contributed by atoms with Crippen LogP contribution in [0.2, 0.25) is 0 Å². The first-order valence-corrected chi connectivity index (χ1v) is 7.27. The van der Waals surface area contributed by atoms with Crippen LogP contribution in [0.1, 0.15) is 44.0 Å². The second-order valence-corrected chi connectivity index (χ2v) is 5.03. The van der Waals surface area contributed by atoms with E-state index in [-0.39, 0.29) is 6.04 Å². The minimum Gasteiger partial charge on any atom is -0.360 e. The van der Waals surface area contributed by atoms with Crippen LogP contribution in [0.5, 0.6) is 0 Å². The molecule has 0 saturated carbocycles. The van der Waals surface area contributed by atoms with Gasteiger partial charge in [-0.2, -0.15) is 9.61 Å². The minimum absolute atomic E-state index is 0.0114. The maximum Gasteiger partial charge on any atom is 0.158 e. The molecule has 0 amide bonds. The van der Waals surface area contributed by atoms with Gasteiger partial charge in [0, 0.05) is 23.9 Å². The van der Waals surface area contributed by atoms with Gasteiger partial charge in [0.2, 0.25) is 0 Å². The smallest absolute Gasteiger partial charge is 0.158 e. The van der Waals surface area contributed by atoms with Gasteiger partial charge in [0.05, 0.1) is 17.9 Å². The van der Waals surface area contributed by atoms with E-state index in [2.05, 4.69) is 34.4 Å². The zero-order chi connectivity index (χ0) is 14.8. The third-order valence-corrected chi connectivity index (χ3v) is 3.51. The molecule has 21 heavy (non-hydrogen) atoms. The lowest BCUT2D eigenvalue weighted by atomic mass is 10.2. The molecule has 0 aliphatic heterocycles. The Morgan fingerprint density at radius 1 is 1.24 bits per heavy atom. The molecule has 0 aliphatic carbocycles. The molecule has 1 N–H and O–H groups in total. The number of aryl methyl sites for hydroxylation is 2. The number of anilines is 1. The van der Waals surface area contributed by atoms with Gasteiger partial charge in [-0.05, 0) is 19.8 Å². The van der Waals surface area contributed by atoms with Crippen molar-refractivity contribution in [2.45, 2.75) is 39.7 Å². The predicted molar refractivity (Wildman–Crippen MR) is 80.3 cm³/mol. The summed E-state index contributed by atoms with van der Waals surface area (Å²) in [4.78, 5) is 4.54. The number of nitrogens with zero attached hydrogens (tertiary/aromatic N) is 4. The predicted octanol–water partition coefficient (Wildman–Crippen LogP) is 3.02. The summed E-state index contributed by atoms with van der Waals surface area (Å²) in [7, 11) is 0. The lowest BCUT2D eigenvalue weighted by molar-refractivity contribution is 0.368. The van der Waals surface area contributed by atoms with Gasteiger partial charge in [0.15, 0.2) is 11.4 Å². The number of hydrogen-bond donors (Lipinski definition) is 1. The molecule has 0 radical (unpaired) electrons. The van der Waals surface area contributed by atoms with Gasteiger partial charge in [-0.25, -0.2) is 4.98 Å². The van der Waals surface area contributed by atoms with E-state index in [0.29, 0.717) is 0 Å². The normalized spacial score (nSPS) is 12.7. The Morgan fingerprint density at radius 2 is 2.05 bits per heavy atom. The van der Waals surface area contributed by atoms with E-state index in [9.17, 15) is 0 Å². The first-order chi connectivity index (χ1) is 10.2. The second kappa shape index (κ2) is 5.55. The molecule has 0 bridgehead atoms. The van der Waals surface area contributed by atoms with E-state index in [1.807, 2.05) is 25.1 Å². The summed E-state index contributed by atoms with van der Waals surface area (Å²) in [6, 6.07) is 5.92. The number of aromatic nitrogens is 4. The van der Waals surface area contributed by atoms with E-state index in [0.717, 1.165) is 41.5 Å². The molecule has 1 unspecified atom stereocenters. The molecule has 0 aliphatic rings. The van der Waals surface area contributed by atoms with Gasteiger partial charge in [-0.1, -0.05) is 19.0 Å². The SMILES string of the molecule is CCc1cc(C(C)Nc2cc(CC)nc3ccnn23)on1. The minimum atomic E-state index is 0.0114. The Bertz CT molecular complexity index is 745. The average Bonchev–Trinajstić information content (AvgIpc) is 3.15. The molecule has 3 heterocycles. The fourth-order valence-corrected chi connectivity index (χ4v) is 2.24. The Kier molecular flexibility index (Phi) is 3.60. The van der Waals surface area contributed by atoms with Crippen molar-refractivity contribution >= 4 is 11.5 Å². The molecule has 6 heteroatoms. The molecule has 3 aromatic rings. The van der Waals surface area contributed by atoms with Crippen LogP contribution >= 0.6 is 0 Å². The highest BCUT2D eigenvalue weighted by molar-refractivity contribution is 5.49. The fraction of sp³-hybridized carbons (Fsp3) is 0.400. The van der Waals surface area contributed by atoms with Crippen LogP contribution in [-0.4, -0.2) is 19.8 Å². The fourth-order valence-electron chi connectivity index (χ4n) is 2.24. The van der Waals surface area contributed by atoms with E-state index in [1.54, 1.807) is 10.7 Å². The number of hydrogen-bond acceptors (Lipinski definition) is 5. The van der Waals surface area contributed by atoms with Crippen LogP contribution < -0.4 is 5.32 Å². The molecule has 3 rings (SSSR count). The third-order valence-electron chi connectivity index (χ3n) is 3.51. The molecular formula is C15H19N5O. The lowest BCUT2D eigenvalue weighted by Crippen LogP contribution is -2.11. The lowest BCUT2D eigenvalue weighted by Gasteiger charge is -2.14. The quantitative estimate of drug-likeness (QED) is 0.780.